The number of carbonyl (C=O) groups is 2. The van der Waals surface area contributed by atoms with Crippen LogP contribution in [0.1, 0.15) is 15.9 Å². The van der Waals surface area contributed by atoms with Crippen LogP contribution in [0.2, 0.25) is 0 Å². The van der Waals surface area contributed by atoms with Crippen LogP contribution in [0, 0.1) is 0 Å². The number of ether oxygens (including phenoxy) is 1. The Hall–Kier alpha value is -1.92. The van der Waals surface area contributed by atoms with Gasteiger partial charge in [0.25, 0.3) is 5.91 Å². The quantitative estimate of drug-likeness (QED) is 0.820. The molecule has 0 aliphatic carbocycles. The largest absolute Gasteiger partial charge is 0.479 e. The first-order chi connectivity index (χ1) is 10.1. The zero-order valence-electron chi connectivity index (χ0n) is 12.0. The molecule has 0 bridgehead atoms. The first-order valence-corrected chi connectivity index (χ1v) is 6.99. The monoisotopic (exact) mass is 292 g/mol. The summed E-state index contributed by atoms with van der Waals surface area (Å²) < 4.78 is 5.15. The molecule has 1 aromatic rings. The number of hydrogen-bond acceptors (Lipinski definition) is 4. The minimum absolute atomic E-state index is 0.0918. The molecule has 0 aromatic heterocycles. The van der Waals surface area contributed by atoms with E-state index < -0.39 is 12.1 Å². The van der Waals surface area contributed by atoms with Crippen LogP contribution in [0.15, 0.2) is 24.3 Å². The molecule has 1 heterocycles. The summed E-state index contributed by atoms with van der Waals surface area (Å²) in [4.78, 5) is 25.2. The summed E-state index contributed by atoms with van der Waals surface area (Å²) in [5.41, 5.74) is 1.61. The van der Waals surface area contributed by atoms with Crippen molar-refractivity contribution < 1.29 is 19.4 Å². The summed E-state index contributed by atoms with van der Waals surface area (Å²) in [6.07, 6.45) is -0.183. The lowest BCUT2D eigenvalue weighted by atomic mass is 10.0. The maximum atomic E-state index is 12.6. The Morgan fingerprint density at radius 2 is 2.19 bits per heavy atom. The number of hydrogen-bond donors (Lipinski definition) is 2. The molecule has 1 unspecified atom stereocenters. The first-order valence-electron chi connectivity index (χ1n) is 6.99. The highest BCUT2D eigenvalue weighted by Crippen LogP contribution is 2.15. The number of amides is 1. The predicted molar refractivity (Wildman–Crippen MR) is 77.4 cm³/mol. The Morgan fingerprint density at radius 1 is 1.43 bits per heavy atom. The number of rotatable bonds is 5. The predicted octanol–water partition coefficient (Wildman–Crippen LogP) is 0.374. The van der Waals surface area contributed by atoms with Crippen molar-refractivity contribution >= 4 is 11.9 Å². The van der Waals surface area contributed by atoms with Crippen LogP contribution in [-0.2, 0) is 16.0 Å². The second-order valence-corrected chi connectivity index (χ2v) is 4.96. The van der Waals surface area contributed by atoms with Gasteiger partial charge < -0.3 is 20.1 Å². The van der Waals surface area contributed by atoms with Crippen molar-refractivity contribution in [2.75, 3.05) is 33.3 Å². The van der Waals surface area contributed by atoms with E-state index in [9.17, 15) is 9.59 Å². The summed E-state index contributed by atoms with van der Waals surface area (Å²) in [5.74, 6) is -1.16. The van der Waals surface area contributed by atoms with Crippen molar-refractivity contribution in [2.45, 2.75) is 12.5 Å². The molecule has 2 N–H and O–H groups in total. The van der Waals surface area contributed by atoms with Crippen molar-refractivity contribution in [2.24, 2.45) is 0 Å². The molecule has 1 amide bonds. The van der Waals surface area contributed by atoms with Gasteiger partial charge in [0.2, 0.25) is 0 Å². The van der Waals surface area contributed by atoms with Crippen LogP contribution >= 0.6 is 0 Å². The van der Waals surface area contributed by atoms with Gasteiger partial charge in [-0.1, -0.05) is 18.2 Å². The summed E-state index contributed by atoms with van der Waals surface area (Å²) in [6, 6.07) is 7.45. The third-order valence-corrected chi connectivity index (χ3v) is 3.52. The molecule has 1 saturated heterocycles. The normalized spacial score (nSPS) is 18.5. The van der Waals surface area contributed by atoms with Crippen molar-refractivity contribution in [1.82, 2.24) is 10.2 Å². The molecule has 6 heteroatoms. The van der Waals surface area contributed by atoms with E-state index >= 15 is 0 Å². The van der Waals surface area contributed by atoms with Gasteiger partial charge in [-0.2, -0.15) is 0 Å². The maximum absolute atomic E-state index is 12.6. The Balaban J connectivity index is 2.14. The summed E-state index contributed by atoms with van der Waals surface area (Å²) in [5, 5.41) is 12.1. The lowest BCUT2D eigenvalue weighted by molar-refractivity contribution is -0.154. The molecule has 21 heavy (non-hydrogen) atoms. The molecule has 1 atom stereocenters. The first kappa shape index (κ1) is 15.5. The van der Waals surface area contributed by atoms with Gasteiger partial charge >= 0.3 is 5.97 Å². The molecule has 0 saturated carbocycles. The number of benzene rings is 1. The van der Waals surface area contributed by atoms with E-state index in [4.69, 9.17) is 9.84 Å². The van der Waals surface area contributed by atoms with Gasteiger partial charge in [-0.05, 0) is 31.6 Å². The smallest absolute Gasteiger partial charge is 0.334 e. The molecule has 1 fully saturated rings. The number of likely N-dealkylation sites (N-methyl/N-ethyl adjacent to an activating group) is 1. The zero-order chi connectivity index (χ0) is 15.2. The van der Waals surface area contributed by atoms with Gasteiger partial charge in [0.15, 0.2) is 6.10 Å². The van der Waals surface area contributed by atoms with Gasteiger partial charge in [0.05, 0.1) is 13.2 Å². The van der Waals surface area contributed by atoms with Gasteiger partial charge in [-0.3, -0.25) is 4.79 Å². The standard InChI is InChI=1S/C15H20N2O4/c1-16-7-6-11-4-2-3-5-12(11)14(18)17-8-9-21-13(10-17)15(19)20/h2-5,13,16H,6-10H2,1H3,(H,19,20). The second kappa shape index (κ2) is 7.19. The Labute approximate surface area is 123 Å². The number of nitrogens with zero attached hydrogens (tertiary/aromatic N) is 1. The number of carboxylic acid groups (broad SMARTS) is 1. The van der Waals surface area contributed by atoms with Crippen molar-refractivity contribution in [3.8, 4) is 0 Å². The molecule has 114 valence electrons. The number of carbonyl (C=O) groups excluding carboxylic acids is 1. The van der Waals surface area contributed by atoms with Crippen molar-refractivity contribution in [3.05, 3.63) is 35.4 Å². The number of aliphatic carboxylic acids is 1. The van der Waals surface area contributed by atoms with Crippen molar-refractivity contribution in [1.29, 1.82) is 0 Å². The fourth-order valence-corrected chi connectivity index (χ4v) is 2.36. The van der Waals surface area contributed by atoms with E-state index in [-0.39, 0.29) is 19.1 Å². The molecule has 0 spiro atoms. The van der Waals surface area contributed by atoms with E-state index in [1.54, 1.807) is 11.0 Å². The van der Waals surface area contributed by atoms with E-state index in [0.29, 0.717) is 12.1 Å². The van der Waals surface area contributed by atoms with Crippen LogP contribution in [0.4, 0.5) is 0 Å². The van der Waals surface area contributed by atoms with Gasteiger partial charge in [0.1, 0.15) is 0 Å². The van der Waals surface area contributed by atoms with E-state index in [1.807, 2.05) is 25.2 Å². The highest BCUT2D eigenvalue weighted by Gasteiger charge is 2.30. The van der Waals surface area contributed by atoms with Gasteiger partial charge in [-0.25, -0.2) is 4.79 Å². The summed E-state index contributed by atoms with van der Waals surface area (Å²) >= 11 is 0. The van der Waals surface area contributed by atoms with Gasteiger partial charge in [0, 0.05) is 12.1 Å². The average Bonchev–Trinajstić information content (AvgIpc) is 2.52. The molecular formula is C15H20N2O4. The Morgan fingerprint density at radius 3 is 2.90 bits per heavy atom. The fraction of sp³-hybridized carbons (Fsp3) is 0.467. The van der Waals surface area contributed by atoms with E-state index in [2.05, 4.69) is 5.32 Å². The average molecular weight is 292 g/mol. The molecule has 1 aromatic carbocycles. The molecule has 1 aliphatic heterocycles. The summed E-state index contributed by atoms with van der Waals surface area (Å²) in [7, 11) is 1.86. The topological polar surface area (TPSA) is 78.9 Å². The Kier molecular flexibility index (Phi) is 5.30. The third kappa shape index (κ3) is 3.80. The van der Waals surface area contributed by atoms with E-state index in [1.165, 1.54) is 0 Å². The molecule has 2 rings (SSSR count). The lowest BCUT2D eigenvalue weighted by Crippen LogP contribution is -2.48. The maximum Gasteiger partial charge on any atom is 0.334 e. The summed E-state index contributed by atoms with van der Waals surface area (Å²) in [6.45, 7) is 1.55. The zero-order valence-corrected chi connectivity index (χ0v) is 12.0. The fourth-order valence-electron chi connectivity index (χ4n) is 2.36. The van der Waals surface area contributed by atoms with Crippen LogP contribution < -0.4 is 5.32 Å². The van der Waals surface area contributed by atoms with Crippen LogP contribution in [-0.4, -0.2) is 61.3 Å². The molecular weight excluding hydrogens is 272 g/mol. The molecule has 6 nitrogen and oxygen atoms in total. The van der Waals surface area contributed by atoms with Crippen LogP contribution in [0.3, 0.4) is 0 Å². The lowest BCUT2D eigenvalue weighted by Gasteiger charge is -2.31. The second-order valence-electron chi connectivity index (χ2n) is 4.96. The molecule has 0 radical (unpaired) electrons. The number of carboxylic acids is 1. The SMILES string of the molecule is CNCCc1ccccc1C(=O)N1CCOC(C(=O)O)C1. The van der Waals surface area contributed by atoms with Gasteiger partial charge in [-0.15, -0.1) is 0 Å². The third-order valence-electron chi connectivity index (χ3n) is 3.52. The minimum Gasteiger partial charge on any atom is -0.479 e. The number of nitrogens with one attached hydrogen (secondary N) is 1. The van der Waals surface area contributed by atoms with Crippen molar-refractivity contribution in [3.63, 3.8) is 0 Å². The van der Waals surface area contributed by atoms with E-state index in [0.717, 1.165) is 18.5 Å². The molecule has 1 aliphatic rings. The highest BCUT2D eigenvalue weighted by atomic mass is 16.5. The highest BCUT2D eigenvalue weighted by molar-refractivity contribution is 5.96. The Bertz CT molecular complexity index is 518. The van der Waals surface area contributed by atoms with Crippen LogP contribution in [0.25, 0.3) is 0 Å². The van der Waals surface area contributed by atoms with Crippen LogP contribution in [0.5, 0.6) is 0 Å². The number of morpholine rings is 1. The minimum atomic E-state index is -1.03.